The van der Waals surface area contributed by atoms with Gasteiger partial charge in [0.1, 0.15) is 10.7 Å². The molecule has 1 aromatic rings. The minimum atomic E-state index is -0.386. The molecule has 1 heterocycles. The van der Waals surface area contributed by atoms with E-state index >= 15 is 0 Å². The van der Waals surface area contributed by atoms with E-state index in [-0.39, 0.29) is 28.9 Å². The van der Waals surface area contributed by atoms with Crippen LogP contribution in [0.3, 0.4) is 0 Å². The highest BCUT2D eigenvalue weighted by atomic mass is 32.1. The first-order valence-corrected chi connectivity index (χ1v) is 5.74. The van der Waals surface area contributed by atoms with Crippen molar-refractivity contribution in [3.63, 3.8) is 0 Å². The highest BCUT2D eigenvalue weighted by Gasteiger charge is 2.07. The van der Waals surface area contributed by atoms with Gasteiger partial charge in [0.05, 0.1) is 0 Å². The molecule has 0 unspecified atom stereocenters. The first-order chi connectivity index (χ1) is 8.50. The fourth-order valence-corrected chi connectivity index (χ4v) is 1.35. The maximum atomic E-state index is 11.6. The van der Waals surface area contributed by atoms with Crippen molar-refractivity contribution >= 4 is 29.0 Å². The van der Waals surface area contributed by atoms with Crippen LogP contribution in [0.5, 0.6) is 0 Å². The lowest BCUT2D eigenvalue weighted by Gasteiger charge is -2.04. The van der Waals surface area contributed by atoms with Gasteiger partial charge in [0.15, 0.2) is 0 Å². The molecule has 1 aromatic heterocycles. The third kappa shape index (κ3) is 4.46. The average Bonchev–Trinajstić information content (AvgIpc) is 2.34. The summed E-state index contributed by atoms with van der Waals surface area (Å²) in [4.78, 5) is 26.3. The highest BCUT2D eigenvalue weighted by molar-refractivity contribution is 7.80. The number of hydrogen-bond donors (Lipinski definition) is 3. The zero-order chi connectivity index (χ0) is 13.5. The van der Waals surface area contributed by atoms with Gasteiger partial charge in [-0.1, -0.05) is 12.2 Å². The summed E-state index contributed by atoms with van der Waals surface area (Å²) in [5.74, 6) is -0.697. The molecule has 0 fully saturated rings. The topological polar surface area (TPSA) is 111 Å². The van der Waals surface area contributed by atoms with E-state index in [2.05, 4.69) is 10.3 Å². The average molecular weight is 266 g/mol. The summed E-state index contributed by atoms with van der Waals surface area (Å²) in [5, 5.41) is 2.63. The van der Waals surface area contributed by atoms with Crippen LogP contribution in [0.2, 0.25) is 0 Å². The lowest BCUT2D eigenvalue weighted by atomic mass is 10.2. The molecule has 0 spiro atoms. The van der Waals surface area contributed by atoms with Crippen LogP contribution in [0, 0.1) is 0 Å². The fraction of sp³-hybridized carbons (Fsp3) is 0.273. The molecule has 1 rings (SSSR count). The smallest absolute Gasteiger partial charge is 0.269 e. The summed E-state index contributed by atoms with van der Waals surface area (Å²) < 4.78 is 0. The molecule has 0 bridgehead atoms. The van der Waals surface area contributed by atoms with Crippen molar-refractivity contribution in [3.05, 3.63) is 29.6 Å². The Morgan fingerprint density at radius 3 is 2.56 bits per heavy atom. The molecule has 0 atom stereocenters. The van der Waals surface area contributed by atoms with Crippen molar-refractivity contribution in [2.24, 2.45) is 11.5 Å². The number of carbonyl (C=O) groups excluding carboxylic acids is 2. The van der Waals surface area contributed by atoms with E-state index < -0.39 is 0 Å². The number of amides is 2. The van der Waals surface area contributed by atoms with E-state index in [1.165, 1.54) is 12.3 Å². The molecule has 5 N–H and O–H groups in total. The van der Waals surface area contributed by atoms with Crippen LogP contribution < -0.4 is 16.8 Å². The molecular formula is C11H14N4O2S. The molecule has 0 saturated heterocycles. The number of carbonyl (C=O) groups is 2. The monoisotopic (exact) mass is 266 g/mol. The standard InChI is InChI=1S/C11H14N4O2S/c12-9(16)2-1-5-14-11(17)8-4-3-7(6-15-8)10(13)18/h3-4,6H,1-2,5H2,(H2,12,16)(H2,13,18)(H,14,17). The molecule has 18 heavy (non-hydrogen) atoms. The molecular weight excluding hydrogens is 252 g/mol. The van der Waals surface area contributed by atoms with Gasteiger partial charge < -0.3 is 16.8 Å². The summed E-state index contributed by atoms with van der Waals surface area (Å²) in [6, 6.07) is 3.17. The van der Waals surface area contributed by atoms with Gasteiger partial charge in [-0.2, -0.15) is 0 Å². The Balaban J connectivity index is 2.46. The maximum Gasteiger partial charge on any atom is 0.269 e. The van der Waals surface area contributed by atoms with Gasteiger partial charge in [0.2, 0.25) is 5.91 Å². The number of pyridine rings is 1. The molecule has 96 valence electrons. The largest absolute Gasteiger partial charge is 0.389 e. The maximum absolute atomic E-state index is 11.6. The lowest BCUT2D eigenvalue weighted by molar-refractivity contribution is -0.118. The Kier molecular flexibility index (Phi) is 5.19. The fourth-order valence-electron chi connectivity index (χ4n) is 1.23. The molecule has 0 saturated carbocycles. The van der Waals surface area contributed by atoms with Gasteiger partial charge >= 0.3 is 0 Å². The SMILES string of the molecule is NC(=O)CCCNC(=O)c1ccc(C(N)=S)cn1. The van der Waals surface area contributed by atoms with Gasteiger partial charge in [0.25, 0.3) is 5.91 Å². The molecule has 2 amide bonds. The number of hydrogen-bond acceptors (Lipinski definition) is 4. The number of nitrogens with two attached hydrogens (primary N) is 2. The highest BCUT2D eigenvalue weighted by Crippen LogP contribution is 2.00. The van der Waals surface area contributed by atoms with Crippen molar-refractivity contribution in [1.82, 2.24) is 10.3 Å². The number of nitrogens with zero attached hydrogens (tertiary/aromatic N) is 1. The first-order valence-electron chi connectivity index (χ1n) is 5.33. The van der Waals surface area contributed by atoms with Crippen molar-refractivity contribution < 1.29 is 9.59 Å². The third-order valence-electron chi connectivity index (χ3n) is 2.17. The second-order valence-corrected chi connectivity index (χ2v) is 4.06. The number of nitrogens with one attached hydrogen (secondary N) is 1. The number of aromatic nitrogens is 1. The molecule has 0 aromatic carbocycles. The van der Waals surface area contributed by atoms with Gasteiger partial charge in [-0.05, 0) is 18.6 Å². The van der Waals surface area contributed by atoms with Crippen molar-refractivity contribution in [3.8, 4) is 0 Å². The molecule has 0 aliphatic carbocycles. The van der Waals surface area contributed by atoms with Crippen LogP contribution in [0.1, 0.15) is 28.9 Å². The molecule has 0 aliphatic rings. The Hall–Kier alpha value is -2.02. The van der Waals surface area contributed by atoms with E-state index in [9.17, 15) is 9.59 Å². The Morgan fingerprint density at radius 1 is 1.33 bits per heavy atom. The second-order valence-electron chi connectivity index (χ2n) is 3.62. The van der Waals surface area contributed by atoms with Crippen molar-refractivity contribution in [2.45, 2.75) is 12.8 Å². The zero-order valence-electron chi connectivity index (χ0n) is 9.68. The Bertz CT molecular complexity index is 459. The Morgan fingerprint density at radius 2 is 2.06 bits per heavy atom. The Labute approximate surface area is 110 Å². The predicted octanol–water partition coefficient (Wildman–Crippen LogP) is -0.289. The molecule has 7 heteroatoms. The van der Waals surface area contributed by atoms with Crippen LogP contribution in [0.25, 0.3) is 0 Å². The predicted molar refractivity (Wildman–Crippen MR) is 70.9 cm³/mol. The van der Waals surface area contributed by atoms with E-state index in [0.29, 0.717) is 18.5 Å². The minimum Gasteiger partial charge on any atom is -0.389 e. The summed E-state index contributed by atoms with van der Waals surface area (Å²) >= 11 is 4.77. The van der Waals surface area contributed by atoms with E-state index in [0.717, 1.165) is 0 Å². The van der Waals surface area contributed by atoms with Crippen LogP contribution >= 0.6 is 12.2 Å². The quantitative estimate of drug-likeness (QED) is 0.484. The van der Waals surface area contributed by atoms with Crippen LogP contribution in [-0.2, 0) is 4.79 Å². The summed E-state index contributed by atoms with van der Waals surface area (Å²) in [5.41, 5.74) is 11.3. The van der Waals surface area contributed by atoms with Crippen molar-refractivity contribution in [1.29, 1.82) is 0 Å². The summed E-state index contributed by atoms with van der Waals surface area (Å²) in [7, 11) is 0. The molecule has 0 radical (unpaired) electrons. The number of primary amides is 1. The molecule has 0 aliphatic heterocycles. The second kappa shape index (κ2) is 6.65. The van der Waals surface area contributed by atoms with Gasteiger partial charge in [-0.15, -0.1) is 0 Å². The summed E-state index contributed by atoms with van der Waals surface area (Å²) in [6.07, 6.45) is 2.20. The molecule has 6 nitrogen and oxygen atoms in total. The van der Waals surface area contributed by atoms with Crippen LogP contribution in [-0.4, -0.2) is 28.3 Å². The van der Waals surface area contributed by atoms with E-state index in [1.807, 2.05) is 0 Å². The van der Waals surface area contributed by atoms with Gasteiger partial charge in [-0.25, -0.2) is 0 Å². The number of thiocarbonyl (C=S) groups is 1. The van der Waals surface area contributed by atoms with E-state index in [1.54, 1.807) is 6.07 Å². The minimum absolute atomic E-state index is 0.232. The normalized spacial score (nSPS) is 9.78. The number of rotatable bonds is 6. The summed E-state index contributed by atoms with van der Waals surface area (Å²) in [6.45, 7) is 0.376. The van der Waals surface area contributed by atoms with Crippen LogP contribution in [0.15, 0.2) is 18.3 Å². The third-order valence-corrected chi connectivity index (χ3v) is 2.40. The van der Waals surface area contributed by atoms with Crippen LogP contribution in [0.4, 0.5) is 0 Å². The first kappa shape index (κ1) is 14.0. The van der Waals surface area contributed by atoms with E-state index in [4.69, 9.17) is 23.7 Å². The van der Waals surface area contributed by atoms with Gasteiger partial charge in [0, 0.05) is 24.7 Å². The van der Waals surface area contributed by atoms with Crippen molar-refractivity contribution in [2.75, 3.05) is 6.54 Å². The van der Waals surface area contributed by atoms with Gasteiger partial charge in [-0.3, -0.25) is 14.6 Å². The zero-order valence-corrected chi connectivity index (χ0v) is 10.5. The lowest BCUT2D eigenvalue weighted by Crippen LogP contribution is -2.26.